The van der Waals surface area contributed by atoms with Crippen LogP contribution in [0.15, 0.2) is 41.6 Å². The Morgan fingerprint density at radius 1 is 1.19 bits per heavy atom. The van der Waals surface area contributed by atoms with E-state index in [4.69, 9.17) is 33.1 Å². The largest absolute Gasteiger partial charge is 0.488 e. The second-order valence-electron chi connectivity index (χ2n) is 4.36. The van der Waals surface area contributed by atoms with Gasteiger partial charge in [0.05, 0.1) is 15.8 Å². The standard InChI is InChI=1S/C15H12Cl2FNO2/c1-9(19-20)12-7-11(18)3-5-15(12)21-8-10-2-4-13(16)14(17)6-10/h2-7,20H,8H2,1H3/b19-9-. The van der Waals surface area contributed by atoms with Crippen LogP contribution in [0.5, 0.6) is 5.75 Å². The zero-order valence-electron chi connectivity index (χ0n) is 11.1. The molecule has 1 N–H and O–H groups in total. The summed E-state index contributed by atoms with van der Waals surface area (Å²) in [6, 6.07) is 9.16. The molecule has 0 amide bonds. The molecule has 0 aliphatic rings. The van der Waals surface area contributed by atoms with Crippen LogP contribution in [0.4, 0.5) is 4.39 Å². The van der Waals surface area contributed by atoms with E-state index < -0.39 is 5.82 Å². The average Bonchev–Trinajstić information content (AvgIpc) is 2.48. The number of halogens is 3. The third-order valence-electron chi connectivity index (χ3n) is 2.86. The molecule has 0 saturated heterocycles. The third kappa shape index (κ3) is 3.86. The van der Waals surface area contributed by atoms with Gasteiger partial charge in [-0.1, -0.05) is 34.4 Å². The lowest BCUT2D eigenvalue weighted by molar-refractivity contribution is 0.303. The van der Waals surface area contributed by atoms with Gasteiger partial charge < -0.3 is 9.94 Å². The number of hydrogen-bond donors (Lipinski definition) is 1. The third-order valence-corrected chi connectivity index (χ3v) is 3.60. The highest BCUT2D eigenvalue weighted by Gasteiger charge is 2.10. The molecule has 0 atom stereocenters. The van der Waals surface area contributed by atoms with E-state index in [0.29, 0.717) is 21.4 Å². The molecule has 0 fully saturated rings. The van der Waals surface area contributed by atoms with Crippen LogP contribution in [0.2, 0.25) is 10.0 Å². The van der Waals surface area contributed by atoms with Gasteiger partial charge in [-0.05, 0) is 42.8 Å². The Bertz CT molecular complexity index is 689. The first-order valence-corrected chi connectivity index (χ1v) is 6.82. The van der Waals surface area contributed by atoms with Gasteiger partial charge in [0.2, 0.25) is 0 Å². The van der Waals surface area contributed by atoms with Crippen molar-refractivity contribution in [3.8, 4) is 5.75 Å². The molecule has 0 aromatic heterocycles. The lowest BCUT2D eigenvalue weighted by atomic mass is 10.1. The molecule has 0 radical (unpaired) electrons. The normalized spacial score (nSPS) is 11.5. The summed E-state index contributed by atoms with van der Waals surface area (Å²) in [4.78, 5) is 0. The second-order valence-corrected chi connectivity index (χ2v) is 5.18. The van der Waals surface area contributed by atoms with Crippen molar-refractivity contribution >= 4 is 28.9 Å². The molecular formula is C15H12Cl2FNO2. The lowest BCUT2D eigenvalue weighted by Crippen LogP contribution is -2.03. The zero-order chi connectivity index (χ0) is 15.4. The minimum Gasteiger partial charge on any atom is -0.488 e. The Kier molecular flexibility index (Phi) is 5.04. The van der Waals surface area contributed by atoms with Crippen LogP contribution < -0.4 is 4.74 Å². The highest BCUT2D eigenvalue weighted by molar-refractivity contribution is 6.42. The van der Waals surface area contributed by atoms with Gasteiger partial charge in [-0.2, -0.15) is 0 Å². The summed E-state index contributed by atoms with van der Waals surface area (Å²) in [5.74, 6) is -0.0207. The number of hydrogen-bond acceptors (Lipinski definition) is 3. The van der Waals surface area contributed by atoms with Gasteiger partial charge in [-0.15, -0.1) is 0 Å². The summed E-state index contributed by atoms with van der Waals surface area (Å²) in [7, 11) is 0. The quantitative estimate of drug-likeness (QED) is 0.492. The molecule has 0 bridgehead atoms. The van der Waals surface area contributed by atoms with Gasteiger partial charge in [-0.3, -0.25) is 0 Å². The highest BCUT2D eigenvalue weighted by Crippen LogP contribution is 2.25. The van der Waals surface area contributed by atoms with Crippen LogP contribution in [0.25, 0.3) is 0 Å². The Morgan fingerprint density at radius 2 is 1.95 bits per heavy atom. The molecule has 0 aliphatic carbocycles. The summed E-state index contributed by atoms with van der Waals surface area (Å²) >= 11 is 11.8. The smallest absolute Gasteiger partial charge is 0.129 e. The van der Waals surface area contributed by atoms with E-state index in [0.717, 1.165) is 5.56 Å². The minimum absolute atomic E-state index is 0.230. The van der Waals surface area contributed by atoms with E-state index in [1.54, 1.807) is 25.1 Å². The van der Waals surface area contributed by atoms with Crippen LogP contribution in [0.3, 0.4) is 0 Å². The minimum atomic E-state index is -0.435. The van der Waals surface area contributed by atoms with Crippen molar-refractivity contribution in [2.45, 2.75) is 13.5 Å². The monoisotopic (exact) mass is 327 g/mol. The molecule has 21 heavy (non-hydrogen) atoms. The van der Waals surface area contributed by atoms with E-state index in [9.17, 15) is 4.39 Å². The van der Waals surface area contributed by atoms with Gasteiger partial charge in [0.15, 0.2) is 0 Å². The van der Waals surface area contributed by atoms with Crippen molar-refractivity contribution in [2.24, 2.45) is 5.16 Å². The van der Waals surface area contributed by atoms with Crippen LogP contribution in [0, 0.1) is 5.82 Å². The second kappa shape index (κ2) is 6.78. The zero-order valence-corrected chi connectivity index (χ0v) is 12.6. The van der Waals surface area contributed by atoms with Crippen molar-refractivity contribution < 1.29 is 14.3 Å². The molecule has 0 saturated carbocycles. The number of benzene rings is 2. The molecule has 6 heteroatoms. The predicted molar refractivity (Wildman–Crippen MR) is 81.2 cm³/mol. The maximum Gasteiger partial charge on any atom is 0.129 e. The van der Waals surface area contributed by atoms with Crippen molar-refractivity contribution in [1.29, 1.82) is 0 Å². The van der Waals surface area contributed by atoms with Crippen LogP contribution >= 0.6 is 23.2 Å². The molecule has 0 aliphatic heterocycles. The number of rotatable bonds is 4. The SMILES string of the molecule is C/C(=N/O)c1cc(F)ccc1OCc1ccc(Cl)c(Cl)c1. The fraction of sp³-hybridized carbons (Fsp3) is 0.133. The fourth-order valence-electron chi connectivity index (χ4n) is 1.76. The number of oxime groups is 1. The summed E-state index contributed by atoms with van der Waals surface area (Å²) in [5, 5.41) is 12.8. The van der Waals surface area contributed by atoms with Gasteiger partial charge >= 0.3 is 0 Å². The maximum atomic E-state index is 13.3. The molecule has 0 unspecified atom stereocenters. The molecule has 0 heterocycles. The maximum absolute atomic E-state index is 13.3. The van der Waals surface area contributed by atoms with E-state index in [-0.39, 0.29) is 12.3 Å². The molecule has 110 valence electrons. The van der Waals surface area contributed by atoms with Crippen LogP contribution in [0.1, 0.15) is 18.1 Å². The summed E-state index contributed by atoms with van der Waals surface area (Å²) < 4.78 is 18.9. The topological polar surface area (TPSA) is 41.8 Å². The van der Waals surface area contributed by atoms with Crippen molar-refractivity contribution in [2.75, 3.05) is 0 Å². The molecule has 3 nitrogen and oxygen atoms in total. The summed E-state index contributed by atoms with van der Waals surface area (Å²) in [6.07, 6.45) is 0. The highest BCUT2D eigenvalue weighted by atomic mass is 35.5. The summed E-state index contributed by atoms with van der Waals surface area (Å²) in [5.41, 5.74) is 1.47. The van der Waals surface area contributed by atoms with Gasteiger partial charge in [0.25, 0.3) is 0 Å². The van der Waals surface area contributed by atoms with Crippen molar-refractivity contribution in [1.82, 2.24) is 0 Å². The Hall–Kier alpha value is -1.78. The number of nitrogens with zero attached hydrogens (tertiary/aromatic N) is 1. The van der Waals surface area contributed by atoms with Gasteiger partial charge in [0, 0.05) is 5.56 Å². The number of ether oxygens (including phenoxy) is 1. The molecular weight excluding hydrogens is 316 g/mol. The molecule has 2 rings (SSSR count). The Morgan fingerprint density at radius 3 is 2.62 bits per heavy atom. The van der Waals surface area contributed by atoms with Crippen molar-refractivity contribution in [3.05, 3.63) is 63.4 Å². The first-order valence-electron chi connectivity index (χ1n) is 6.06. The van der Waals surface area contributed by atoms with E-state index in [1.807, 2.05) is 0 Å². The van der Waals surface area contributed by atoms with E-state index >= 15 is 0 Å². The first-order chi connectivity index (χ1) is 10.0. The predicted octanol–water partition coefficient (Wildman–Crippen LogP) is 4.91. The van der Waals surface area contributed by atoms with Crippen LogP contribution in [-0.2, 0) is 6.61 Å². The lowest BCUT2D eigenvalue weighted by Gasteiger charge is -2.11. The molecule has 2 aromatic carbocycles. The van der Waals surface area contributed by atoms with E-state index in [2.05, 4.69) is 5.16 Å². The van der Waals surface area contributed by atoms with Gasteiger partial charge in [0.1, 0.15) is 18.2 Å². The van der Waals surface area contributed by atoms with Gasteiger partial charge in [-0.25, -0.2) is 4.39 Å². The van der Waals surface area contributed by atoms with Crippen LogP contribution in [-0.4, -0.2) is 10.9 Å². The average molecular weight is 328 g/mol. The van der Waals surface area contributed by atoms with Crippen molar-refractivity contribution in [3.63, 3.8) is 0 Å². The Labute approximate surface area is 131 Å². The van der Waals surface area contributed by atoms with E-state index in [1.165, 1.54) is 18.2 Å². The fourth-order valence-corrected chi connectivity index (χ4v) is 2.08. The molecule has 0 spiro atoms. The first kappa shape index (κ1) is 15.6. The molecule has 2 aromatic rings. The summed E-state index contributed by atoms with van der Waals surface area (Å²) in [6.45, 7) is 1.79. The Balaban J connectivity index is 2.21.